The van der Waals surface area contributed by atoms with E-state index in [1.54, 1.807) is 24.3 Å². The average Bonchev–Trinajstić information content (AvgIpc) is 3.06. The van der Waals surface area contributed by atoms with Gasteiger partial charge in [-0.05, 0) is 49.2 Å². The second-order valence-corrected chi connectivity index (χ2v) is 6.70. The third-order valence-corrected chi connectivity index (χ3v) is 4.87. The summed E-state index contributed by atoms with van der Waals surface area (Å²) in [7, 11) is 1.30. The van der Waals surface area contributed by atoms with Crippen molar-refractivity contribution in [1.82, 2.24) is 0 Å². The standard InChI is InChI=1S/C21H22N2O4/c1-13-8-9-16(10-14(13)2)22-20(25)15-11-19(24)23(12-15)18-7-5-4-6-17(18)21(26)27-3/h4-10,15H,11-12H2,1-3H3,(H,22,25). The van der Waals surface area contributed by atoms with E-state index < -0.39 is 11.9 Å². The van der Waals surface area contributed by atoms with Crippen molar-refractivity contribution < 1.29 is 19.1 Å². The van der Waals surface area contributed by atoms with Crippen LogP contribution in [-0.4, -0.2) is 31.4 Å². The smallest absolute Gasteiger partial charge is 0.339 e. The van der Waals surface area contributed by atoms with Gasteiger partial charge in [-0.3, -0.25) is 9.59 Å². The minimum Gasteiger partial charge on any atom is -0.465 e. The van der Waals surface area contributed by atoms with E-state index in [-0.39, 0.29) is 24.8 Å². The Balaban J connectivity index is 1.76. The molecule has 1 atom stereocenters. The number of carbonyl (C=O) groups excluding carboxylic acids is 3. The molecule has 2 aromatic carbocycles. The van der Waals surface area contributed by atoms with Crippen molar-refractivity contribution in [2.45, 2.75) is 20.3 Å². The molecule has 0 aliphatic carbocycles. The molecule has 1 N–H and O–H groups in total. The molecule has 0 saturated carbocycles. The quantitative estimate of drug-likeness (QED) is 0.844. The lowest BCUT2D eigenvalue weighted by Crippen LogP contribution is -2.29. The SMILES string of the molecule is COC(=O)c1ccccc1N1CC(C(=O)Nc2ccc(C)c(C)c2)CC1=O. The third-order valence-electron chi connectivity index (χ3n) is 4.87. The van der Waals surface area contributed by atoms with Crippen molar-refractivity contribution in [2.75, 3.05) is 23.9 Å². The largest absolute Gasteiger partial charge is 0.465 e. The lowest BCUT2D eigenvalue weighted by atomic mass is 10.1. The molecule has 0 bridgehead atoms. The van der Waals surface area contributed by atoms with Crippen molar-refractivity contribution in [3.8, 4) is 0 Å². The number of amides is 2. The first-order chi connectivity index (χ1) is 12.9. The molecule has 1 aliphatic rings. The monoisotopic (exact) mass is 366 g/mol. The van der Waals surface area contributed by atoms with Gasteiger partial charge in [0.05, 0.1) is 24.3 Å². The summed E-state index contributed by atoms with van der Waals surface area (Å²) in [4.78, 5) is 38.6. The number of ether oxygens (including phenoxy) is 1. The number of rotatable bonds is 4. The molecule has 1 aliphatic heterocycles. The van der Waals surface area contributed by atoms with Gasteiger partial charge in [0.2, 0.25) is 11.8 Å². The highest BCUT2D eigenvalue weighted by molar-refractivity contribution is 6.07. The molecule has 0 aromatic heterocycles. The summed E-state index contributed by atoms with van der Waals surface area (Å²) in [6, 6.07) is 12.5. The van der Waals surface area contributed by atoms with Crippen LogP contribution in [-0.2, 0) is 14.3 Å². The number of carbonyl (C=O) groups is 3. The summed E-state index contributed by atoms with van der Waals surface area (Å²) in [6.07, 6.45) is 0.103. The van der Waals surface area contributed by atoms with Crippen molar-refractivity contribution >= 4 is 29.2 Å². The van der Waals surface area contributed by atoms with E-state index in [2.05, 4.69) is 5.32 Å². The maximum absolute atomic E-state index is 12.6. The van der Waals surface area contributed by atoms with Gasteiger partial charge in [-0.25, -0.2) is 4.79 Å². The number of benzene rings is 2. The molecule has 0 radical (unpaired) electrons. The highest BCUT2D eigenvalue weighted by atomic mass is 16.5. The molecule has 0 spiro atoms. The van der Waals surface area contributed by atoms with E-state index in [1.807, 2.05) is 32.0 Å². The zero-order chi connectivity index (χ0) is 19.6. The minimum absolute atomic E-state index is 0.103. The molecule has 2 aromatic rings. The van der Waals surface area contributed by atoms with Crippen molar-refractivity contribution in [1.29, 1.82) is 0 Å². The summed E-state index contributed by atoms with van der Waals surface area (Å²) in [5.41, 5.74) is 3.72. The molecular formula is C21H22N2O4. The Morgan fingerprint density at radius 1 is 1.11 bits per heavy atom. The highest BCUT2D eigenvalue weighted by Crippen LogP contribution is 2.29. The van der Waals surface area contributed by atoms with E-state index in [0.717, 1.165) is 11.1 Å². The van der Waals surface area contributed by atoms with Crippen LogP contribution >= 0.6 is 0 Å². The zero-order valence-electron chi connectivity index (χ0n) is 15.6. The van der Waals surface area contributed by atoms with Crippen molar-refractivity contribution in [3.63, 3.8) is 0 Å². The molecule has 6 heteroatoms. The minimum atomic E-state index is -0.513. The predicted octanol–water partition coefficient (Wildman–Crippen LogP) is 3.08. The first-order valence-corrected chi connectivity index (χ1v) is 8.76. The van der Waals surface area contributed by atoms with E-state index >= 15 is 0 Å². The van der Waals surface area contributed by atoms with E-state index in [9.17, 15) is 14.4 Å². The summed E-state index contributed by atoms with van der Waals surface area (Å²) in [6.45, 7) is 4.21. The van der Waals surface area contributed by atoms with E-state index in [4.69, 9.17) is 4.74 Å². The summed E-state index contributed by atoms with van der Waals surface area (Å²) >= 11 is 0. The number of aryl methyl sites for hydroxylation is 2. The molecule has 2 amide bonds. The van der Waals surface area contributed by atoms with Crippen molar-refractivity contribution in [2.24, 2.45) is 5.92 Å². The maximum atomic E-state index is 12.6. The van der Waals surface area contributed by atoms with Crippen LogP contribution < -0.4 is 10.2 Å². The number of methoxy groups -OCH3 is 1. The lowest BCUT2D eigenvalue weighted by molar-refractivity contribution is -0.122. The number of esters is 1. The summed E-state index contributed by atoms with van der Waals surface area (Å²) < 4.78 is 4.79. The van der Waals surface area contributed by atoms with Crippen LogP contribution in [0.25, 0.3) is 0 Å². The topological polar surface area (TPSA) is 75.7 Å². The Morgan fingerprint density at radius 2 is 1.85 bits per heavy atom. The molecule has 140 valence electrons. The van der Waals surface area contributed by atoms with Gasteiger partial charge in [0.15, 0.2) is 0 Å². The Bertz CT molecular complexity index is 907. The number of para-hydroxylation sites is 1. The fraction of sp³-hybridized carbons (Fsp3) is 0.286. The predicted molar refractivity (Wildman–Crippen MR) is 103 cm³/mol. The van der Waals surface area contributed by atoms with Crippen LogP contribution in [0.1, 0.15) is 27.9 Å². The van der Waals surface area contributed by atoms with Crippen LogP contribution in [0.4, 0.5) is 11.4 Å². The average molecular weight is 366 g/mol. The lowest BCUT2D eigenvalue weighted by Gasteiger charge is -2.19. The number of hydrogen-bond acceptors (Lipinski definition) is 4. The summed E-state index contributed by atoms with van der Waals surface area (Å²) in [5, 5.41) is 2.88. The molecule has 1 heterocycles. The van der Waals surface area contributed by atoms with Gasteiger partial charge < -0.3 is 15.0 Å². The Morgan fingerprint density at radius 3 is 2.56 bits per heavy atom. The fourth-order valence-electron chi connectivity index (χ4n) is 3.17. The van der Waals surface area contributed by atoms with Crippen LogP contribution in [0.3, 0.4) is 0 Å². The maximum Gasteiger partial charge on any atom is 0.339 e. The van der Waals surface area contributed by atoms with Crippen LogP contribution in [0.2, 0.25) is 0 Å². The molecule has 1 saturated heterocycles. The second kappa shape index (κ2) is 7.61. The first-order valence-electron chi connectivity index (χ1n) is 8.76. The summed E-state index contributed by atoms with van der Waals surface area (Å²) in [5.74, 6) is -1.39. The molecule has 6 nitrogen and oxygen atoms in total. The number of nitrogens with zero attached hydrogens (tertiary/aromatic N) is 1. The highest BCUT2D eigenvalue weighted by Gasteiger charge is 2.36. The molecule has 1 fully saturated rings. The molecular weight excluding hydrogens is 344 g/mol. The first kappa shape index (κ1) is 18.6. The molecule has 27 heavy (non-hydrogen) atoms. The zero-order valence-corrected chi connectivity index (χ0v) is 15.6. The van der Waals surface area contributed by atoms with Gasteiger partial charge in [-0.2, -0.15) is 0 Å². The normalized spacial score (nSPS) is 16.3. The van der Waals surface area contributed by atoms with E-state index in [1.165, 1.54) is 12.0 Å². The number of anilines is 2. The Hall–Kier alpha value is -3.15. The van der Waals surface area contributed by atoms with Gasteiger partial charge in [-0.1, -0.05) is 18.2 Å². The van der Waals surface area contributed by atoms with Gasteiger partial charge in [0.25, 0.3) is 0 Å². The molecule has 1 unspecified atom stereocenters. The van der Waals surface area contributed by atoms with E-state index in [0.29, 0.717) is 16.9 Å². The third kappa shape index (κ3) is 3.84. The Kier molecular flexibility index (Phi) is 5.26. The Labute approximate surface area is 158 Å². The number of hydrogen-bond donors (Lipinski definition) is 1. The van der Waals surface area contributed by atoms with Crippen LogP contribution in [0.15, 0.2) is 42.5 Å². The molecule has 3 rings (SSSR count). The van der Waals surface area contributed by atoms with Gasteiger partial charge in [-0.15, -0.1) is 0 Å². The second-order valence-electron chi connectivity index (χ2n) is 6.70. The van der Waals surface area contributed by atoms with Gasteiger partial charge >= 0.3 is 5.97 Å². The van der Waals surface area contributed by atoms with Crippen LogP contribution in [0.5, 0.6) is 0 Å². The fourth-order valence-corrected chi connectivity index (χ4v) is 3.17. The van der Waals surface area contributed by atoms with Gasteiger partial charge in [0, 0.05) is 18.7 Å². The van der Waals surface area contributed by atoms with Gasteiger partial charge in [0.1, 0.15) is 0 Å². The van der Waals surface area contributed by atoms with Crippen molar-refractivity contribution in [3.05, 3.63) is 59.2 Å². The number of nitrogens with one attached hydrogen (secondary N) is 1. The van der Waals surface area contributed by atoms with Crippen LogP contribution in [0, 0.1) is 19.8 Å².